The number of fused-ring (bicyclic) bond motifs is 3. The number of hydrogen-bond donors (Lipinski definition) is 1. The molecule has 0 unspecified atom stereocenters. The van der Waals surface area contributed by atoms with Crippen molar-refractivity contribution in [2.45, 2.75) is 40.2 Å². The molecule has 0 aliphatic carbocycles. The number of ether oxygens (including phenoxy) is 2. The van der Waals surface area contributed by atoms with Crippen LogP contribution < -0.4 is 25.8 Å². The van der Waals surface area contributed by atoms with Gasteiger partial charge in [0, 0.05) is 30.4 Å². The summed E-state index contributed by atoms with van der Waals surface area (Å²) in [6, 6.07) is 10.3. The first-order valence-electron chi connectivity index (χ1n) is 11.3. The van der Waals surface area contributed by atoms with Gasteiger partial charge < -0.3 is 20.1 Å². The number of rotatable bonds is 7. The summed E-state index contributed by atoms with van der Waals surface area (Å²) < 4.78 is 12.8. The maximum absolute atomic E-state index is 13.2. The molecule has 2 heterocycles. The van der Waals surface area contributed by atoms with Gasteiger partial charge in [-0.25, -0.2) is 4.79 Å². The van der Waals surface area contributed by atoms with Gasteiger partial charge in [0.05, 0.1) is 19.9 Å². The highest BCUT2D eigenvalue weighted by Crippen LogP contribution is 2.39. The van der Waals surface area contributed by atoms with Crippen LogP contribution in [0.5, 0.6) is 11.5 Å². The van der Waals surface area contributed by atoms with Crippen LogP contribution in [0.25, 0.3) is 11.3 Å². The normalized spacial score (nSPS) is 12.2. The van der Waals surface area contributed by atoms with Crippen molar-refractivity contribution in [3.63, 3.8) is 0 Å². The summed E-state index contributed by atoms with van der Waals surface area (Å²) >= 11 is 0. The Morgan fingerprint density at radius 3 is 2.33 bits per heavy atom. The molecule has 1 aliphatic rings. The van der Waals surface area contributed by atoms with Crippen LogP contribution in [0.15, 0.2) is 35.1 Å². The molecule has 3 aromatic rings. The second-order valence-electron chi connectivity index (χ2n) is 8.59. The summed E-state index contributed by atoms with van der Waals surface area (Å²) in [6.07, 6.45) is 1.52. The molecular weight excluding hydrogens is 416 g/mol. The lowest BCUT2D eigenvalue weighted by Crippen LogP contribution is -2.32. The lowest BCUT2D eigenvalue weighted by Gasteiger charge is -2.29. The van der Waals surface area contributed by atoms with Crippen molar-refractivity contribution < 1.29 is 9.47 Å². The minimum Gasteiger partial charge on any atom is -0.493 e. The van der Waals surface area contributed by atoms with Gasteiger partial charge in [-0.1, -0.05) is 17.7 Å². The smallest absolute Gasteiger partial charge is 0.350 e. The van der Waals surface area contributed by atoms with E-state index < -0.39 is 0 Å². The topological polar surface area (TPSA) is 82.6 Å². The third kappa shape index (κ3) is 4.20. The van der Waals surface area contributed by atoms with Crippen molar-refractivity contribution in [2.75, 3.05) is 32.2 Å². The number of nitrogens with two attached hydrogens (primary N) is 1. The second kappa shape index (κ2) is 9.27. The van der Waals surface area contributed by atoms with Crippen LogP contribution >= 0.6 is 0 Å². The van der Waals surface area contributed by atoms with Gasteiger partial charge in [0.2, 0.25) is 0 Å². The van der Waals surface area contributed by atoms with Crippen molar-refractivity contribution in [3.05, 3.63) is 63.1 Å². The Labute approximate surface area is 194 Å². The quantitative estimate of drug-likeness (QED) is 0.590. The number of benzene rings is 2. The summed E-state index contributed by atoms with van der Waals surface area (Å²) in [5, 5.41) is 0. The average molecular weight is 449 g/mol. The molecule has 1 aliphatic heterocycles. The minimum absolute atomic E-state index is 0.247. The second-order valence-corrected chi connectivity index (χ2v) is 8.59. The van der Waals surface area contributed by atoms with Crippen molar-refractivity contribution in [3.8, 4) is 22.8 Å². The Bertz CT molecular complexity index is 1230. The monoisotopic (exact) mass is 448 g/mol. The molecule has 0 atom stereocenters. The highest BCUT2D eigenvalue weighted by molar-refractivity contribution is 5.75. The fourth-order valence-electron chi connectivity index (χ4n) is 4.86. The van der Waals surface area contributed by atoms with Gasteiger partial charge >= 0.3 is 5.69 Å². The molecule has 0 saturated heterocycles. The first kappa shape index (κ1) is 22.9. The van der Waals surface area contributed by atoms with Crippen LogP contribution in [-0.2, 0) is 13.0 Å². The van der Waals surface area contributed by atoms with E-state index in [0.717, 1.165) is 46.5 Å². The summed E-state index contributed by atoms with van der Waals surface area (Å²) in [5.74, 6) is 1.97. The molecule has 4 rings (SSSR count). The standard InChI is InChI=1S/C26H32N4O3/c1-16-11-17(2)25(18(3)12-16)30(9-6-8-27)24-15-21-20-14-23(33-5)22(32-4)13-19(20)7-10-29(21)26(31)28-24/h11-15H,6-10,27H2,1-5H3. The van der Waals surface area contributed by atoms with E-state index in [-0.39, 0.29) is 5.69 Å². The molecule has 0 saturated carbocycles. The van der Waals surface area contributed by atoms with Crippen molar-refractivity contribution in [1.82, 2.24) is 9.55 Å². The number of anilines is 2. The largest absolute Gasteiger partial charge is 0.493 e. The van der Waals surface area contributed by atoms with Crippen molar-refractivity contribution in [2.24, 2.45) is 5.73 Å². The molecule has 33 heavy (non-hydrogen) atoms. The average Bonchev–Trinajstić information content (AvgIpc) is 2.79. The fraction of sp³-hybridized carbons (Fsp3) is 0.385. The Morgan fingerprint density at radius 1 is 1.03 bits per heavy atom. The van der Waals surface area contributed by atoms with Gasteiger partial charge in [-0.15, -0.1) is 0 Å². The predicted molar refractivity (Wildman–Crippen MR) is 132 cm³/mol. The van der Waals surface area contributed by atoms with Crippen LogP contribution in [0.3, 0.4) is 0 Å². The van der Waals surface area contributed by atoms with Crippen molar-refractivity contribution >= 4 is 11.5 Å². The molecule has 174 valence electrons. The molecular formula is C26H32N4O3. The van der Waals surface area contributed by atoms with Gasteiger partial charge in [-0.05, 0) is 69.0 Å². The molecule has 2 aromatic carbocycles. The van der Waals surface area contributed by atoms with Crippen LogP contribution in [0.4, 0.5) is 11.5 Å². The molecule has 0 bridgehead atoms. The highest BCUT2D eigenvalue weighted by atomic mass is 16.5. The van der Waals surface area contributed by atoms with E-state index in [2.05, 4.69) is 42.8 Å². The SMILES string of the molecule is COc1cc2c(cc1OC)-c1cc(N(CCCN)c3c(C)cc(C)cc3C)nc(=O)n1CC2. The first-order valence-corrected chi connectivity index (χ1v) is 11.3. The Hall–Kier alpha value is -3.32. The predicted octanol–water partition coefficient (Wildman–Crippen LogP) is 3.90. The summed E-state index contributed by atoms with van der Waals surface area (Å²) in [4.78, 5) is 19.8. The first-order chi connectivity index (χ1) is 15.9. The van der Waals surface area contributed by atoms with Gasteiger partial charge in [0.1, 0.15) is 5.82 Å². The van der Waals surface area contributed by atoms with Crippen LogP contribution in [0, 0.1) is 20.8 Å². The van der Waals surface area contributed by atoms with Gasteiger partial charge in [-0.2, -0.15) is 4.98 Å². The summed E-state index contributed by atoms with van der Waals surface area (Å²) in [5.41, 5.74) is 13.1. The van der Waals surface area contributed by atoms with Crippen LogP contribution in [-0.4, -0.2) is 36.9 Å². The molecule has 2 N–H and O–H groups in total. The van der Waals surface area contributed by atoms with Crippen LogP contribution in [0.1, 0.15) is 28.7 Å². The number of nitrogens with zero attached hydrogens (tertiary/aromatic N) is 3. The van der Waals surface area contributed by atoms with E-state index in [0.29, 0.717) is 37.0 Å². The molecule has 7 nitrogen and oxygen atoms in total. The molecule has 1 aromatic heterocycles. The number of methoxy groups -OCH3 is 2. The number of aromatic nitrogens is 2. The van der Waals surface area contributed by atoms with Gasteiger partial charge in [-0.3, -0.25) is 4.57 Å². The van der Waals surface area contributed by atoms with E-state index >= 15 is 0 Å². The summed E-state index contributed by atoms with van der Waals surface area (Å²) in [7, 11) is 3.25. The zero-order valence-electron chi connectivity index (χ0n) is 20.1. The maximum Gasteiger partial charge on any atom is 0.350 e. The molecule has 0 spiro atoms. The third-order valence-corrected chi connectivity index (χ3v) is 6.26. The Balaban J connectivity index is 1.91. The zero-order valence-corrected chi connectivity index (χ0v) is 20.1. The maximum atomic E-state index is 13.2. The third-order valence-electron chi connectivity index (χ3n) is 6.26. The van der Waals surface area contributed by atoms with Gasteiger partial charge in [0.15, 0.2) is 11.5 Å². The lowest BCUT2D eigenvalue weighted by atomic mass is 9.96. The number of hydrogen-bond acceptors (Lipinski definition) is 6. The fourth-order valence-corrected chi connectivity index (χ4v) is 4.86. The molecule has 0 amide bonds. The Kier molecular flexibility index (Phi) is 6.42. The highest BCUT2D eigenvalue weighted by Gasteiger charge is 2.24. The zero-order chi connectivity index (χ0) is 23.7. The lowest BCUT2D eigenvalue weighted by molar-refractivity contribution is 0.354. The van der Waals surface area contributed by atoms with Crippen molar-refractivity contribution in [1.29, 1.82) is 0 Å². The van der Waals surface area contributed by atoms with Gasteiger partial charge in [0.25, 0.3) is 0 Å². The molecule has 0 radical (unpaired) electrons. The summed E-state index contributed by atoms with van der Waals surface area (Å²) in [6.45, 7) is 8.11. The molecule has 7 heteroatoms. The van der Waals surface area contributed by atoms with E-state index in [1.807, 2.05) is 18.2 Å². The van der Waals surface area contributed by atoms with Crippen LogP contribution in [0.2, 0.25) is 0 Å². The van der Waals surface area contributed by atoms with E-state index in [4.69, 9.17) is 15.2 Å². The van der Waals surface area contributed by atoms with E-state index in [1.54, 1.807) is 18.8 Å². The Morgan fingerprint density at radius 2 is 1.70 bits per heavy atom. The number of aryl methyl sites for hydroxylation is 4. The van der Waals surface area contributed by atoms with E-state index in [9.17, 15) is 4.79 Å². The van der Waals surface area contributed by atoms with E-state index in [1.165, 1.54) is 5.56 Å². The molecule has 0 fully saturated rings. The minimum atomic E-state index is -0.247.